The maximum Gasteiger partial charge on any atom is 0.193 e. The van der Waals surface area contributed by atoms with Crippen molar-refractivity contribution in [2.45, 2.75) is 64.6 Å². The number of nitrogens with zero attached hydrogens (tertiary/aromatic N) is 4. The maximum absolute atomic E-state index is 5.36. The van der Waals surface area contributed by atoms with Crippen molar-refractivity contribution in [2.75, 3.05) is 40.8 Å². The van der Waals surface area contributed by atoms with Crippen LogP contribution in [0.2, 0.25) is 0 Å². The molecule has 0 saturated carbocycles. The highest BCUT2D eigenvalue weighted by molar-refractivity contribution is 14.0. The van der Waals surface area contributed by atoms with Gasteiger partial charge in [0.2, 0.25) is 0 Å². The molecular formula is C20H38IN5OS. The van der Waals surface area contributed by atoms with Gasteiger partial charge < -0.3 is 15.0 Å². The Bertz CT molecular complexity index is 583. The molecule has 2 rings (SSSR count). The van der Waals surface area contributed by atoms with Gasteiger partial charge in [-0.25, -0.2) is 4.98 Å². The first kappa shape index (κ1) is 25.6. The minimum Gasteiger partial charge on any atom is -0.375 e. The number of likely N-dealkylation sites (tertiary alicyclic amines) is 1. The lowest BCUT2D eigenvalue weighted by molar-refractivity contribution is 0.119. The Balaban J connectivity index is 0.00000392. The summed E-state index contributed by atoms with van der Waals surface area (Å²) in [5.74, 6) is 0.936. The van der Waals surface area contributed by atoms with Crippen molar-refractivity contribution in [3.63, 3.8) is 0 Å². The number of hydrogen-bond acceptors (Lipinski definition) is 5. The molecule has 1 saturated heterocycles. The molecule has 1 N–H and O–H groups in total. The largest absolute Gasteiger partial charge is 0.375 e. The fourth-order valence-corrected chi connectivity index (χ4v) is 4.38. The van der Waals surface area contributed by atoms with E-state index in [9.17, 15) is 0 Å². The van der Waals surface area contributed by atoms with Crippen LogP contribution in [0.4, 0.5) is 0 Å². The molecule has 2 atom stereocenters. The fourth-order valence-electron chi connectivity index (χ4n) is 3.54. The standard InChI is InChI=1S/C20H37N5OS.HI/c1-6-7-11-25-12-9-8-10-18(25)13-22-20(21-3)24(4)14-17-15-27-19(23-17)16(2)26-5;/h15-16,18H,6-14H2,1-5H3,(H,21,22);1H. The van der Waals surface area contributed by atoms with Crippen LogP contribution in [-0.2, 0) is 11.3 Å². The minimum absolute atomic E-state index is 0. The zero-order valence-corrected chi connectivity index (χ0v) is 21.3. The van der Waals surface area contributed by atoms with Gasteiger partial charge in [-0.05, 0) is 39.3 Å². The normalized spacial score (nSPS) is 19.2. The Labute approximate surface area is 192 Å². The van der Waals surface area contributed by atoms with Crippen LogP contribution in [0.25, 0.3) is 0 Å². The molecule has 0 bridgehead atoms. The van der Waals surface area contributed by atoms with Gasteiger partial charge in [-0.2, -0.15) is 0 Å². The smallest absolute Gasteiger partial charge is 0.193 e. The van der Waals surface area contributed by atoms with Gasteiger partial charge in [-0.3, -0.25) is 9.89 Å². The number of rotatable bonds is 9. The average molecular weight is 524 g/mol. The van der Waals surface area contributed by atoms with Crippen molar-refractivity contribution in [2.24, 2.45) is 4.99 Å². The van der Waals surface area contributed by atoms with Crippen LogP contribution in [0.5, 0.6) is 0 Å². The number of aromatic nitrogens is 1. The van der Waals surface area contributed by atoms with E-state index < -0.39 is 0 Å². The van der Waals surface area contributed by atoms with Gasteiger partial charge in [-0.1, -0.05) is 19.8 Å². The number of nitrogens with one attached hydrogen (secondary N) is 1. The third-order valence-electron chi connectivity index (χ3n) is 5.29. The molecule has 1 aliphatic rings. The lowest BCUT2D eigenvalue weighted by atomic mass is 10.0. The van der Waals surface area contributed by atoms with Gasteiger partial charge in [-0.15, -0.1) is 35.3 Å². The molecule has 6 nitrogen and oxygen atoms in total. The predicted molar refractivity (Wildman–Crippen MR) is 130 cm³/mol. The third-order valence-corrected chi connectivity index (χ3v) is 6.34. The van der Waals surface area contributed by atoms with Crippen molar-refractivity contribution >= 4 is 41.3 Å². The van der Waals surface area contributed by atoms with Crippen LogP contribution in [0, 0.1) is 0 Å². The lowest BCUT2D eigenvalue weighted by Crippen LogP contribution is -2.49. The molecule has 1 aromatic rings. The fraction of sp³-hybridized carbons (Fsp3) is 0.800. The predicted octanol–water partition coefficient (Wildman–Crippen LogP) is 4.13. The van der Waals surface area contributed by atoms with E-state index in [0.29, 0.717) is 6.04 Å². The van der Waals surface area contributed by atoms with Crippen LogP contribution in [0.15, 0.2) is 10.4 Å². The van der Waals surface area contributed by atoms with Crippen LogP contribution >= 0.6 is 35.3 Å². The lowest BCUT2D eigenvalue weighted by Gasteiger charge is -2.36. The molecule has 28 heavy (non-hydrogen) atoms. The number of thiazole rings is 1. The number of piperidine rings is 1. The summed E-state index contributed by atoms with van der Waals surface area (Å²) in [6.07, 6.45) is 6.55. The van der Waals surface area contributed by atoms with Gasteiger partial charge in [0.05, 0.1) is 12.2 Å². The van der Waals surface area contributed by atoms with E-state index in [4.69, 9.17) is 9.72 Å². The van der Waals surface area contributed by atoms with E-state index in [1.54, 1.807) is 18.4 Å². The van der Waals surface area contributed by atoms with Gasteiger partial charge in [0.1, 0.15) is 11.1 Å². The molecule has 0 aromatic carbocycles. The quantitative estimate of drug-likeness (QED) is 0.300. The van der Waals surface area contributed by atoms with E-state index in [-0.39, 0.29) is 30.1 Å². The number of guanidine groups is 1. The number of aliphatic imine (C=N–C) groups is 1. The number of methoxy groups -OCH3 is 1. The zero-order chi connectivity index (χ0) is 19.6. The molecule has 1 fully saturated rings. The molecule has 2 unspecified atom stereocenters. The molecule has 8 heteroatoms. The Kier molecular flexibility index (Phi) is 12.5. The first-order chi connectivity index (χ1) is 13.1. The number of ether oxygens (including phenoxy) is 1. The van der Waals surface area contributed by atoms with E-state index in [1.165, 1.54) is 45.2 Å². The first-order valence-corrected chi connectivity index (χ1v) is 11.1. The second kappa shape index (κ2) is 13.7. The Hall–Kier alpha value is -0.450. The summed E-state index contributed by atoms with van der Waals surface area (Å²) in [5.41, 5.74) is 1.06. The van der Waals surface area contributed by atoms with Gasteiger partial charge >= 0.3 is 0 Å². The highest BCUT2D eigenvalue weighted by atomic mass is 127. The van der Waals surface area contributed by atoms with E-state index in [2.05, 4.69) is 39.5 Å². The Morgan fingerprint density at radius 2 is 2.29 bits per heavy atom. The van der Waals surface area contributed by atoms with E-state index >= 15 is 0 Å². The average Bonchev–Trinajstić information content (AvgIpc) is 3.15. The number of unbranched alkanes of at least 4 members (excludes halogenated alkanes) is 1. The SMILES string of the molecule is CCCCN1CCCCC1CNC(=NC)N(C)Cc1csc(C(C)OC)n1.I. The van der Waals surface area contributed by atoms with Crippen molar-refractivity contribution in [3.05, 3.63) is 16.1 Å². The van der Waals surface area contributed by atoms with Crippen LogP contribution in [0.1, 0.15) is 62.8 Å². The zero-order valence-electron chi connectivity index (χ0n) is 18.1. The summed E-state index contributed by atoms with van der Waals surface area (Å²) in [4.78, 5) is 14.0. The second-order valence-corrected chi connectivity index (χ2v) is 8.27. The molecule has 1 aliphatic heterocycles. The van der Waals surface area contributed by atoms with Gasteiger partial charge in [0.15, 0.2) is 5.96 Å². The molecule has 0 aliphatic carbocycles. The highest BCUT2D eigenvalue weighted by Gasteiger charge is 2.22. The topological polar surface area (TPSA) is 53.0 Å². The number of halogens is 1. The van der Waals surface area contributed by atoms with Crippen LogP contribution in [0.3, 0.4) is 0 Å². The molecule has 162 valence electrons. The maximum atomic E-state index is 5.36. The van der Waals surface area contributed by atoms with Crippen molar-refractivity contribution in [1.29, 1.82) is 0 Å². The summed E-state index contributed by atoms with van der Waals surface area (Å²) >= 11 is 1.66. The van der Waals surface area contributed by atoms with Gasteiger partial charge in [0, 0.05) is 39.2 Å². The molecule has 0 spiro atoms. The van der Waals surface area contributed by atoms with Crippen molar-refractivity contribution < 1.29 is 4.74 Å². The first-order valence-electron chi connectivity index (χ1n) is 10.2. The molecular weight excluding hydrogens is 485 g/mol. The minimum atomic E-state index is 0. The van der Waals surface area contributed by atoms with Crippen molar-refractivity contribution in [1.82, 2.24) is 20.1 Å². The molecule has 0 radical (unpaired) electrons. The van der Waals surface area contributed by atoms with Gasteiger partial charge in [0.25, 0.3) is 0 Å². The third kappa shape index (κ3) is 7.76. The summed E-state index contributed by atoms with van der Waals surface area (Å²) in [7, 11) is 5.65. The number of hydrogen-bond donors (Lipinski definition) is 1. The molecule has 1 aromatic heterocycles. The summed E-state index contributed by atoms with van der Waals surface area (Å²) in [5, 5.41) is 6.73. The Morgan fingerprint density at radius 3 is 2.96 bits per heavy atom. The summed E-state index contributed by atoms with van der Waals surface area (Å²) in [6, 6.07) is 0.615. The summed E-state index contributed by atoms with van der Waals surface area (Å²) in [6.45, 7) is 8.46. The monoisotopic (exact) mass is 523 g/mol. The summed E-state index contributed by atoms with van der Waals surface area (Å²) < 4.78 is 5.36. The highest BCUT2D eigenvalue weighted by Crippen LogP contribution is 2.21. The van der Waals surface area contributed by atoms with Crippen LogP contribution in [-0.4, -0.2) is 67.6 Å². The molecule has 2 heterocycles. The van der Waals surface area contributed by atoms with Crippen LogP contribution < -0.4 is 5.32 Å². The Morgan fingerprint density at radius 1 is 1.50 bits per heavy atom. The van der Waals surface area contributed by atoms with E-state index in [0.717, 1.165) is 29.8 Å². The molecule has 0 amide bonds. The van der Waals surface area contributed by atoms with E-state index in [1.807, 2.05) is 14.0 Å². The second-order valence-electron chi connectivity index (χ2n) is 7.38. The van der Waals surface area contributed by atoms with Crippen molar-refractivity contribution in [3.8, 4) is 0 Å².